The first-order valence-corrected chi connectivity index (χ1v) is 13.6. The molecule has 0 N–H and O–H groups in total. The Hall–Kier alpha value is -2.10. The fraction of sp³-hybridized carbons (Fsp3) is 0.478. The highest BCUT2D eigenvalue weighted by Gasteiger charge is 2.26. The molecule has 2 aliphatic rings. The van der Waals surface area contributed by atoms with Gasteiger partial charge < -0.3 is 9.32 Å². The van der Waals surface area contributed by atoms with Crippen molar-refractivity contribution in [1.82, 2.24) is 14.2 Å². The summed E-state index contributed by atoms with van der Waals surface area (Å²) in [4.78, 5) is 19.4. The third-order valence-corrected chi connectivity index (χ3v) is 8.63. The number of aromatic nitrogens is 1. The van der Waals surface area contributed by atoms with E-state index in [-0.39, 0.29) is 16.6 Å². The maximum atomic E-state index is 13.1. The summed E-state index contributed by atoms with van der Waals surface area (Å²) in [6, 6.07) is 6.98. The third kappa shape index (κ3) is 5.63. The van der Waals surface area contributed by atoms with Crippen LogP contribution in [0.15, 0.2) is 62.8 Å². The molecule has 0 aromatic carbocycles. The van der Waals surface area contributed by atoms with E-state index in [1.807, 2.05) is 12.1 Å². The van der Waals surface area contributed by atoms with E-state index >= 15 is 0 Å². The molecule has 172 valence electrons. The lowest BCUT2D eigenvalue weighted by atomic mass is 10.0. The van der Waals surface area contributed by atoms with Gasteiger partial charge in [0.25, 0.3) is 0 Å². The average molecular weight is 476 g/mol. The molecule has 2 aromatic heterocycles. The minimum Gasteiger partial charge on any atom is -0.467 e. The Bertz CT molecular complexity index is 1030. The molecule has 4 rings (SSSR count). The van der Waals surface area contributed by atoms with Crippen molar-refractivity contribution in [2.24, 2.45) is 0 Å². The summed E-state index contributed by atoms with van der Waals surface area (Å²) >= 11 is 1.32. The zero-order valence-corrected chi connectivity index (χ0v) is 19.7. The Balaban J connectivity index is 1.40. The summed E-state index contributed by atoms with van der Waals surface area (Å²) in [7, 11) is -3.50. The van der Waals surface area contributed by atoms with E-state index in [4.69, 9.17) is 4.42 Å². The van der Waals surface area contributed by atoms with Gasteiger partial charge >= 0.3 is 0 Å². The van der Waals surface area contributed by atoms with E-state index in [1.54, 1.807) is 23.3 Å². The van der Waals surface area contributed by atoms with Crippen LogP contribution in [0.25, 0.3) is 0 Å². The van der Waals surface area contributed by atoms with Crippen LogP contribution >= 0.6 is 11.8 Å². The highest BCUT2D eigenvalue weighted by Crippen LogP contribution is 2.26. The van der Waals surface area contributed by atoms with Crippen LogP contribution in [0.3, 0.4) is 0 Å². The first kappa shape index (κ1) is 23.1. The fourth-order valence-electron chi connectivity index (χ4n) is 4.05. The van der Waals surface area contributed by atoms with E-state index in [0.717, 1.165) is 56.4 Å². The number of hydrogen-bond acceptors (Lipinski definition) is 6. The van der Waals surface area contributed by atoms with Gasteiger partial charge in [-0.1, -0.05) is 24.3 Å². The normalized spacial score (nSPS) is 17.7. The third-order valence-electron chi connectivity index (χ3n) is 5.81. The number of sulfonamides is 1. The molecule has 1 saturated heterocycles. The molecule has 32 heavy (non-hydrogen) atoms. The van der Waals surface area contributed by atoms with E-state index in [0.29, 0.717) is 24.7 Å². The first-order chi connectivity index (χ1) is 15.5. The van der Waals surface area contributed by atoms with Gasteiger partial charge in [0, 0.05) is 25.0 Å². The second-order valence-electron chi connectivity index (χ2n) is 8.09. The average Bonchev–Trinajstić information content (AvgIpc) is 3.36. The van der Waals surface area contributed by atoms with Crippen LogP contribution in [-0.4, -0.2) is 47.4 Å². The van der Waals surface area contributed by atoms with Crippen molar-refractivity contribution >= 4 is 27.7 Å². The van der Waals surface area contributed by atoms with Gasteiger partial charge in [0.1, 0.15) is 10.7 Å². The number of carbonyl (C=O) groups excluding carboxylic acids is 1. The number of furan rings is 1. The molecule has 7 nitrogen and oxygen atoms in total. The van der Waals surface area contributed by atoms with E-state index in [9.17, 15) is 13.2 Å². The second kappa shape index (κ2) is 10.7. The van der Waals surface area contributed by atoms with Gasteiger partial charge in [-0.3, -0.25) is 4.79 Å². The Morgan fingerprint density at radius 1 is 1.12 bits per heavy atom. The largest absolute Gasteiger partial charge is 0.467 e. The van der Waals surface area contributed by atoms with Crippen LogP contribution in [0.4, 0.5) is 0 Å². The van der Waals surface area contributed by atoms with Gasteiger partial charge in [-0.2, -0.15) is 4.31 Å². The predicted molar refractivity (Wildman–Crippen MR) is 123 cm³/mol. The molecule has 3 heterocycles. The molecular weight excluding hydrogens is 446 g/mol. The van der Waals surface area contributed by atoms with Crippen molar-refractivity contribution in [3.05, 3.63) is 54.3 Å². The SMILES string of the molecule is O=C(CSc1ccc(S(=O)(=O)N2CCCCC2)cn1)N(Cc1ccco1)C1=CCCCC1. The Morgan fingerprint density at radius 3 is 2.62 bits per heavy atom. The maximum absolute atomic E-state index is 13.1. The van der Waals surface area contributed by atoms with Crippen LogP contribution in [-0.2, 0) is 21.4 Å². The number of hydrogen-bond donors (Lipinski definition) is 0. The Labute approximate surface area is 193 Å². The summed E-state index contributed by atoms with van der Waals surface area (Å²) in [5, 5.41) is 0.631. The number of allylic oxidation sites excluding steroid dienone is 2. The topological polar surface area (TPSA) is 83.7 Å². The number of carbonyl (C=O) groups is 1. The number of pyridine rings is 1. The highest BCUT2D eigenvalue weighted by atomic mass is 32.2. The molecule has 1 aliphatic heterocycles. The van der Waals surface area contributed by atoms with Crippen LogP contribution in [0.5, 0.6) is 0 Å². The monoisotopic (exact) mass is 475 g/mol. The number of piperidine rings is 1. The van der Waals surface area contributed by atoms with Crippen molar-refractivity contribution in [2.45, 2.75) is 61.4 Å². The predicted octanol–water partition coefficient (Wildman–Crippen LogP) is 4.43. The minimum absolute atomic E-state index is 0.00800. The van der Waals surface area contributed by atoms with Crippen molar-refractivity contribution in [2.75, 3.05) is 18.8 Å². The van der Waals surface area contributed by atoms with E-state index in [1.165, 1.54) is 22.3 Å². The molecular formula is C23H29N3O4S2. The van der Waals surface area contributed by atoms with Crippen molar-refractivity contribution in [3.8, 4) is 0 Å². The molecule has 0 saturated carbocycles. The number of thioether (sulfide) groups is 1. The summed E-state index contributed by atoms with van der Waals surface area (Å²) in [5.41, 5.74) is 1.05. The summed E-state index contributed by atoms with van der Waals surface area (Å²) in [6.07, 6.45) is 12.1. The van der Waals surface area contributed by atoms with Crippen LogP contribution in [0.2, 0.25) is 0 Å². The van der Waals surface area contributed by atoms with Gasteiger partial charge in [0.15, 0.2) is 0 Å². The van der Waals surface area contributed by atoms with Crippen LogP contribution in [0.1, 0.15) is 50.7 Å². The van der Waals surface area contributed by atoms with Gasteiger partial charge in [0.2, 0.25) is 15.9 Å². The number of amides is 1. The van der Waals surface area contributed by atoms with Gasteiger partial charge in [-0.15, -0.1) is 0 Å². The summed E-state index contributed by atoms with van der Waals surface area (Å²) in [5.74, 6) is 0.968. The second-order valence-corrected chi connectivity index (χ2v) is 11.0. The highest BCUT2D eigenvalue weighted by molar-refractivity contribution is 7.99. The lowest BCUT2D eigenvalue weighted by Gasteiger charge is -2.27. The molecule has 0 bridgehead atoms. The molecule has 0 radical (unpaired) electrons. The quantitative estimate of drug-likeness (QED) is 0.525. The van der Waals surface area contributed by atoms with E-state index in [2.05, 4.69) is 11.1 Å². The minimum atomic E-state index is -3.50. The van der Waals surface area contributed by atoms with Crippen molar-refractivity contribution < 1.29 is 17.6 Å². The fourth-order valence-corrected chi connectivity index (χ4v) is 6.23. The summed E-state index contributed by atoms with van der Waals surface area (Å²) in [6.45, 7) is 1.54. The smallest absolute Gasteiger partial charge is 0.244 e. The van der Waals surface area contributed by atoms with Gasteiger partial charge in [-0.25, -0.2) is 13.4 Å². The molecule has 0 unspecified atom stereocenters. The van der Waals surface area contributed by atoms with Crippen LogP contribution < -0.4 is 0 Å². The standard InChI is InChI=1S/C23H29N3O4S2/c27-23(26(17-20-10-7-15-30-20)19-8-3-1-4-9-19)18-31-22-12-11-21(16-24-22)32(28,29)25-13-5-2-6-14-25/h7-8,10-12,15-16H,1-6,9,13-14,17-18H2. The first-order valence-electron chi connectivity index (χ1n) is 11.1. The molecule has 2 aromatic rings. The zero-order valence-electron chi connectivity index (χ0n) is 18.1. The number of nitrogens with zero attached hydrogens (tertiary/aromatic N) is 3. The van der Waals surface area contributed by atoms with Crippen LogP contribution in [0, 0.1) is 0 Å². The Morgan fingerprint density at radius 2 is 1.97 bits per heavy atom. The lowest BCUT2D eigenvalue weighted by molar-refractivity contribution is -0.127. The zero-order chi connectivity index (χ0) is 22.4. The Kier molecular flexibility index (Phi) is 7.70. The van der Waals surface area contributed by atoms with E-state index < -0.39 is 10.0 Å². The number of rotatable bonds is 8. The molecule has 1 fully saturated rings. The molecule has 0 atom stereocenters. The lowest BCUT2D eigenvalue weighted by Crippen LogP contribution is -2.35. The van der Waals surface area contributed by atoms with Crippen molar-refractivity contribution in [1.29, 1.82) is 0 Å². The molecule has 0 spiro atoms. The molecule has 1 amide bonds. The van der Waals surface area contributed by atoms with Crippen molar-refractivity contribution in [3.63, 3.8) is 0 Å². The van der Waals surface area contributed by atoms with Gasteiger partial charge in [-0.05, 0) is 62.8 Å². The maximum Gasteiger partial charge on any atom is 0.244 e. The molecule has 1 aliphatic carbocycles. The molecule has 9 heteroatoms. The van der Waals surface area contributed by atoms with Gasteiger partial charge in [0.05, 0.1) is 23.6 Å². The summed E-state index contributed by atoms with van der Waals surface area (Å²) < 4.78 is 32.6.